The van der Waals surface area contributed by atoms with Gasteiger partial charge < -0.3 is 16.8 Å². The fourth-order valence-electron chi connectivity index (χ4n) is 1.25. The van der Waals surface area contributed by atoms with E-state index in [1.807, 2.05) is 24.3 Å². The van der Waals surface area contributed by atoms with Gasteiger partial charge in [-0.3, -0.25) is 0 Å². The number of aromatic nitrogens is 2. The normalized spacial score (nSPS) is 10.1. The predicted octanol–water partition coefficient (Wildman–Crippen LogP) is 2.15. The van der Waals surface area contributed by atoms with Crippen molar-refractivity contribution in [3.05, 3.63) is 34.8 Å². The highest BCUT2D eigenvalue weighted by atomic mass is 79.9. The molecule has 1 heterocycles. The minimum atomic E-state index is 0.148. The lowest BCUT2D eigenvalue weighted by molar-refractivity contribution is 1.19. The molecule has 1 aromatic heterocycles. The van der Waals surface area contributed by atoms with Gasteiger partial charge in [0.05, 0.1) is 5.69 Å². The zero-order valence-electron chi connectivity index (χ0n) is 8.31. The van der Waals surface area contributed by atoms with Gasteiger partial charge in [0.2, 0.25) is 5.95 Å². The van der Waals surface area contributed by atoms with E-state index in [1.165, 1.54) is 0 Å². The van der Waals surface area contributed by atoms with E-state index < -0.39 is 0 Å². The average molecular weight is 280 g/mol. The molecule has 0 unspecified atom stereocenters. The topological polar surface area (TPSA) is 89.8 Å². The van der Waals surface area contributed by atoms with Crippen LogP contribution in [0.2, 0.25) is 0 Å². The van der Waals surface area contributed by atoms with Crippen molar-refractivity contribution >= 4 is 39.2 Å². The maximum Gasteiger partial charge on any atom is 0.223 e. The second kappa shape index (κ2) is 4.36. The minimum Gasteiger partial charge on any atom is -0.383 e. The van der Waals surface area contributed by atoms with E-state index in [-0.39, 0.29) is 5.95 Å². The fraction of sp³-hybridized carbons (Fsp3) is 0. The van der Waals surface area contributed by atoms with Crippen LogP contribution in [0.4, 0.5) is 23.3 Å². The van der Waals surface area contributed by atoms with Gasteiger partial charge in [0.1, 0.15) is 11.6 Å². The molecule has 0 aliphatic carbocycles. The van der Waals surface area contributed by atoms with Crippen LogP contribution in [0.15, 0.2) is 34.8 Å². The molecule has 1 aromatic carbocycles. The molecule has 2 rings (SSSR count). The van der Waals surface area contributed by atoms with E-state index in [0.29, 0.717) is 11.6 Å². The lowest BCUT2D eigenvalue weighted by Crippen LogP contribution is -2.03. The smallest absolute Gasteiger partial charge is 0.223 e. The third-order valence-corrected chi connectivity index (χ3v) is 2.59. The number of nitrogens with two attached hydrogens (primary N) is 2. The molecule has 0 fully saturated rings. The Bertz CT molecular complexity index is 494. The van der Waals surface area contributed by atoms with Crippen molar-refractivity contribution in [2.24, 2.45) is 0 Å². The van der Waals surface area contributed by atoms with E-state index in [9.17, 15) is 0 Å². The summed E-state index contributed by atoms with van der Waals surface area (Å²) in [6.45, 7) is 0. The molecule has 0 amide bonds. The van der Waals surface area contributed by atoms with Crippen molar-refractivity contribution in [3.8, 4) is 0 Å². The summed E-state index contributed by atoms with van der Waals surface area (Å²) in [6, 6.07) is 9.31. The molecule has 0 saturated heterocycles. The Morgan fingerprint density at radius 3 is 2.56 bits per heavy atom. The zero-order chi connectivity index (χ0) is 11.5. The molecule has 82 valence electrons. The first-order valence-corrected chi connectivity index (χ1v) is 5.36. The standard InChI is InChI=1S/C10H10BrN5/c11-6-3-1-2-4-7(6)14-9-5-8(12)15-10(13)16-9/h1-5H,(H5,12,13,14,15,16). The first-order chi connectivity index (χ1) is 7.65. The van der Waals surface area contributed by atoms with Gasteiger partial charge >= 0.3 is 0 Å². The number of hydrogen-bond acceptors (Lipinski definition) is 5. The summed E-state index contributed by atoms with van der Waals surface area (Å²) in [5, 5.41) is 3.10. The molecule has 5 nitrogen and oxygen atoms in total. The van der Waals surface area contributed by atoms with E-state index >= 15 is 0 Å². The summed E-state index contributed by atoms with van der Waals surface area (Å²) in [4.78, 5) is 7.82. The highest BCUT2D eigenvalue weighted by Gasteiger charge is 2.02. The molecule has 0 aliphatic rings. The Hall–Kier alpha value is -1.82. The van der Waals surface area contributed by atoms with Crippen molar-refractivity contribution < 1.29 is 0 Å². The highest BCUT2D eigenvalue weighted by Crippen LogP contribution is 2.24. The molecule has 2 aromatic rings. The second-order valence-electron chi connectivity index (χ2n) is 3.14. The second-order valence-corrected chi connectivity index (χ2v) is 4.00. The average Bonchev–Trinajstić information content (AvgIpc) is 2.20. The number of benzene rings is 1. The Labute approximate surface area is 101 Å². The van der Waals surface area contributed by atoms with Gasteiger partial charge in [-0.2, -0.15) is 9.97 Å². The summed E-state index contributed by atoms with van der Waals surface area (Å²) < 4.78 is 0.936. The van der Waals surface area contributed by atoms with Crippen LogP contribution in [-0.4, -0.2) is 9.97 Å². The number of para-hydroxylation sites is 1. The summed E-state index contributed by atoms with van der Waals surface area (Å²) >= 11 is 3.42. The number of nitrogens with one attached hydrogen (secondary N) is 1. The van der Waals surface area contributed by atoms with Gasteiger partial charge in [-0.05, 0) is 28.1 Å². The fourth-order valence-corrected chi connectivity index (χ4v) is 1.63. The molecular weight excluding hydrogens is 270 g/mol. The minimum absolute atomic E-state index is 0.148. The van der Waals surface area contributed by atoms with Gasteiger partial charge in [0.25, 0.3) is 0 Å². The SMILES string of the molecule is Nc1cc(Nc2ccccc2Br)nc(N)n1. The maximum atomic E-state index is 5.57. The molecule has 0 saturated carbocycles. The largest absolute Gasteiger partial charge is 0.383 e. The lowest BCUT2D eigenvalue weighted by Gasteiger charge is -2.08. The van der Waals surface area contributed by atoms with E-state index in [1.54, 1.807) is 6.07 Å². The van der Waals surface area contributed by atoms with Crippen LogP contribution in [0.1, 0.15) is 0 Å². The number of nitrogens with zero attached hydrogens (tertiary/aromatic N) is 2. The van der Waals surface area contributed by atoms with Crippen LogP contribution in [0.5, 0.6) is 0 Å². The molecule has 0 radical (unpaired) electrons. The zero-order valence-corrected chi connectivity index (χ0v) is 9.90. The lowest BCUT2D eigenvalue weighted by atomic mass is 10.3. The summed E-state index contributed by atoms with van der Waals surface area (Å²) in [5.74, 6) is 1.05. The third-order valence-electron chi connectivity index (χ3n) is 1.90. The molecule has 16 heavy (non-hydrogen) atoms. The van der Waals surface area contributed by atoms with Crippen LogP contribution in [0.3, 0.4) is 0 Å². The predicted molar refractivity (Wildman–Crippen MR) is 68.3 cm³/mol. The van der Waals surface area contributed by atoms with E-state index in [2.05, 4.69) is 31.2 Å². The van der Waals surface area contributed by atoms with Crippen LogP contribution in [-0.2, 0) is 0 Å². The van der Waals surface area contributed by atoms with Gasteiger partial charge in [-0.15, -0.1) is 0 Å². The van der Waals surface area contributed by atoms with Crippen LogP contribution < -0.4 is 16.8 Å². The Morgan fingerprint density at radius 1 is 1.12 bits per heavy atom. The van der Waals surface area contributed by atoms with Crippen LogP contribution in [0.25, 0.3) is 0 Å². The van der Waals surface area contributed by atoms with E-state index in [4.69, 9.17) is 11.5 Å². The van der Waals surface area contributed by atoms with Crippen LogP contribution >= 0.6 is 15.9 Å². The molecule has 0 aliphatic heterocycles. The quantitative estimate of drug-likeness (QED) is 0.784. The monoisotopic (exact) mass is 279 g/mol. The maximum absolute atomic E-state index is 5.57. The summed E-state index contributed by atoms with van der Waals surface area (Å²) in [6.07, 6.45) is 0. The first kappa shape index (κ1) is 10.7. The van der Waals surface area contributed by atoms with Crippen molar-refractivity contribution in [2.45, 2.75) is 0 Å². The Balaban J connectivity index is 2.30. The molecular formula is C10H10BrN5. The van der Waals surface area contributed by atoms with Crippen molar-refractivity contribution in [3.63, 3.8) is 0 Å². The molecule has 0 bridgehead atoms. The molecule has 6 heteroatoms. The van der Waals surface area contributed by atoms with Gasteiger partial charge in [-0.25, -0.2) is 0 Å². The number of halogens is 1. The third kappa shape index (κ3) is 2.40. The first-order valence-electron chi connectivity index (χ1n) is 4.57. The number of anilines is 4. The van der Waals surface area contributed by atoms with Crippen molar-refractivity contribution in [2.75, 3.05) is 16.8 Å². The molecule has 5 N–H and O–H groups in total. The van der Waals surface area contributed by atoms with Gasteiger partial charge in [0, 0.05) is 10.5 Å². The van der Waals surface area contributed by atoms with E-state index in [0.717, 1.165) is 10.2 Å². The summed E-state index contributed by atoms with van der Waals surface area (Å²) in [7, 11) is 0. The van der Waals surface area contributed by atoms with Crippen molar-refractivity contribution in [1.82, 2.24) is 9.97 Å². The van der Waals surface area contributed by atoms with Gasteiger partial charge in [-0.1, -0.05) is 12.1 Å². The number of hydrogen-bond donors (Lipinski definition) is 3. The Morgan fingerprint density at radius 2 is 1.88 bits per heavy atom. The van der Waals surface area contributed by atoms with Gasteiger partial charge in [0.15, 0.2) is 0 Å². The van der Waals surface area contributed by atoms with Crippen LogP contribution in [0, 0.1) is 0 Å². The van der Waals surface area contributed by atoms with Crippen molar-refractivity contribution in [1.29, 1.82) is 0 Å². The number of rotatable bonds is 2. The summed E-state index contributed by atoms with van der Waals surface area (Å²) in [5.41, 5.74) is 12.0. The Kier molecular flexibility index (Phi) is 2.91. The molecule has 0 atom stereocenters. The number of nitrogen functional groups attached to an aromatic ring is 2. The highest BCUT2D eigenvalue weighted by molar-refractivity contribution is 9.10. The molecule has 0 spiro atoms.